The van der Waals surface area contributed by atoms with Crippen LogP contribution in [0.1, 0.15) is 10.4 Å². The van der Waals surface area contributed by atoms with E-state index in [4.69, 9.17) is 11.6 Å². The van der Waals surface area contributed by atoms with E-state index in [1.54, 1.807) is 29.1 Å². The minimum Gasteiger partial charge on any atom is -0.465 e. The number of carbonyl (C=O) groups excluding carboxylic acids is 1. The molecule has 0 unspecified atom stereocenters. The lowest BCUT2D eigenvalue weighted by molar-refractivity contribution is 0.0600. The van der Waals surface area contributed by atoms with Crippen LogP contribution in [0.25, 0.3) is 5.52 Å². The van der Waals surface area contributed by atoms with Crippen molar-refractivity contribution in [3.05, 3.63) is 35.4 Å². The van der Waals surface area contributed by atoms with E-state index in [0.717, 1.165) is 5.52 Å². The number of aromatic nitrogens is 2. The molecule has 0 saturated heterocycles. The molecule has 0 amide bonds. The average molecular weight is 211 g/mol. The van der Waals surface area contributed by atoms with Gasteiger partial charge < -0.3 is 9.14 Å². The van der Waals surface area contributed by atoms with E-state index >= 15 is 0 Å². The first kappa shape index (κ1) is 9.02. The SMILES string of the molecule is COC(=O)c1ccc2c(Cl)ncn2c1. The third-order valence-corrected chi connectivity index (χ3v) is 2.20. The summed E-state index contributed by atoms with van der Waals surface area (Å²) in [6.07, 6.45) is 3.17. The molecule has 0 spiro atoms. The Kier molecular flexibility index (Phi) is 2.13. The van der Waals surface area contributed by atoms with Gasteiger partial charge in [-0.3, -0.25) is 0 Å². The molecule has 0 aliphatic rings. The van der Waals surface area contributed by atoms with E-state index in [0.29, 0.717) is 10.7 Å². The van der Waals surface area contributed by atoms with E-state index in [-0.39, 0.29) is 5.97 Å². The molecule has 72 valence electrons. The first-order valence-corrected chi connectivity index (χ1v) is 4.30. The lowest BCUT2D eigenvalue weighted by Crippen LogP contribution is -2.02. The van der Waals surface area contributed by atoms with E-state index in [1.165, 1.54) is 7.11 Å². The van der Waals surface area contributed by atoms with Gasteiger partial charge in [0.1, 0.15) is 6.33 Å². The van der Waals surface area contributed by atoms with Crippen LogP contribution in [0.4, 0.5) is 0 Å². The minimum atomic E-state index is -0.378. The number of pyridine rings is 1. The topological polar surface area (TPSA) is 43.6 Å². The molecule has 0 N–H and O–H groups in total. The number of ether oxygens (including phenoxy) is 1. The van der Waals surface area contributed by atoms with E-state index in [2.05, 4.69) is 9.72 Å². The highest BCUT2D eigenvalue weighted by atomic mass is 35.5. The Labute approximate surface area is 85.1 Å². The van der Waals surface area contributed by atoms with Crippen LogP contribution < -0.4 is 0 Å². The Hall–Kier alpha value is -1.55. The highest BCUT2D eigenvalue weighted by Crippen LogP contribution is 2.15. The molecule has 2 rings (SSSR count). The highest BCUT2D eigenvalue weighted by Gasteiger charge is 2.07. The molecule has 0 saturated carbocycles. The van der Waals surface area contributed by atoms with Crippen LogP contribution in [0.15, 0.2) is 24.7 Å². The zero-order valence-electron chi connectivity index (χ0n) is 7.40. The number of hydrogen-bond donors (Lipinski definition) is 0. The number of fused-ring (bicyclic) bond motifs is 1. The summed E-state index contributed by atoms with van der Waals surface area (Å²) in [5.41, 5.74) is 1.23. The zero-order chi connectivity index (χ0) is 10.1. The summed E-state index contributed by atoms with van der Waals surface area (Å²) in [5.74, 6) is -0.378. The Bertz CT molecular complexity index is 493. The number of methoxy groups -OCH3 is 1. The molecular formula is C9H7ClN2O2. The summed E-state index contributed by atoms with van der Waals surface area (Å²) >= 11 is 5.79. The fraction of sp³-hybridized carbons (Fsp3) is 0.111. The number of carbonyl (C=O) groups is 1. The maximum atomic E-state index is 11.2. The van der Waals surface area contributed by atoms with Gasteiger partial charge in [-0.05, 0) is 12.1 Å². The van der Waals surface area contributed by atoms with Crippen LogP contribution in [0.2, 0.25) is 5.15 Å². The van der Waals surface area contributed by atoms with Gasteiger partial charge >= 0.3 is 5.97 Å². The van der Waals surface area contributed by atoms with Gasteiger partial charge in [0.05, 0.1) is 18.2 Å². The van der Waals surface area contributed by atoms with Crippen LogP contribution in [-0.2, 0) is 4.74 Å². The van der Waals surface area contributed by atoms with Crippen molar-refractivity contribution < 1.29 is 9.53 Å². The molecule has 0 radical (unpaired) electrons. The predicted octanol–water partition coefficient (Wildman–Crippen LogP) is 1.77. The highest BCUT2D eigenvalue weighted by molar-refractivity contribution is 6.32. The summed E-state index contributed by atoms with van der Waals surface area (Å²) < 4.78 is 6.26. The molecule has 0 aliphatic carbocycles. The smallest absolute Gasteiger partial charge is 0.339 e. The van der Waals surface area contributed by atoms with Gasteiger partial charge in [-0.2, -0.15) is 0 Å². The third kappa shape index (κ3) is 1.33. The average Bonchev–Trinajstić information content (AvgIpc) is 2.59. The van der Waals surface area contributed by atoms with Gasteiger partial charge in [-0.1, -0.05) is 11.6 Å². The summed E-state index contributed by atoms with van der Waals surface area (Å²) in [7, 11) is 1.34. The number of hydrogen-bond acceptors (Lipinski definition) is 3. The van der Waals surface area contributed by atoms with Gasteiger partial charge in [0.15, 0.2) is 5.15 Å². The monoisotopic (exact) mass is 210 g/mol. The van der Waals surface area contributed by atoms with Gasteiger partial charge in [0, 0.05) is 6.20 Å². The molecule has 2 aromatic rings. The third-order valence-electron chi connectivity index (χ3n) is 1.91. The van der Waals surface area contributed by atoms with Gasteiger partial charge in [0.25, 0.3) is 0 Å². The maximum Gasteiger partial charge on any atom is 0.339 e. The Morgan fingerprint density at radius 3 is 3.07 bits per heavy atom. The number of esters is 1. The quantitative estimate of drug-likeness (QED) is 0.674. The number of nitrogens with zero attached hydrogens (tertiary/aromatic N) is 2. The van der Waals surface area contributed by atoms with E-state index < -0.39 is 0 Å². The van der Waals surface area contributed by atoms with Crippen molar-refractivity contribution in [2.24, 2.45) is 0 Å². The summed E-state index contributed by atoms with van der Waals surface area (Å²) in [5, 5.41) is 0.418. The van der Waals surface area contributed by atoms with Crippen molar-refractivity contribution in [3.8, 4) is 0 Å². The lowest BCUT2D eigenvalue weighted by atomic mass is 10.3. The summed E-state index contributed by atoms with van der Waals surface area (Å²) in [6.45, 7) is 0. The second-order valence-electron chi connectivity index (χ2n) is 2.74. The number of imidazole rings is 1. The Morgan fingerprint density at radius 1 is 1.57 bits per heavy atom. The lowest BCUT2D eigenvalue weighted by Gasteiger charge is -1.99. The molecule has 0 bridgehead atoms. The van der Waals surface area contributed by atoms with Crippen molar-refractivity contribution in [2.75, 3.05) is 7.11 Å². The number of halogens is 1. The molecule has 4 nitrogen and oxygen atoms in total. The van der Waals surface area contributed by atoms with Gasteiger partial charge in [-0.25, -0.2) is 9.78 Å². The molecule has 0 fully saturated rings. The van der Waals surface area contributed by atoms with Gasteiger partial charge in [-0.15, -0.1) is 0 Å². The standard InChI is InChI=1S/C9H7ClN2O2/c1-14-9(13)6-2-3-7-8(10)11-5-12(7)4-6/h2-5H,1H3. The number of rotatable bonds is 1. The molecule has 0 aromatic carbocycles. The van der Waals surface area contributed by atoms with Crippen molar-refractivity contribution in [1.29, 1.82) is 0 Å². The van der Waals surface area contributed by atoms with Crippen molar-refractivity contribution in [1.82, 2.24) is 9.38 Å². The second kappa shape index (κ2) is 3.31. The first-order valence-electron chi connectivity index (χ1n) is 3.93. The maximum absolute atomic E-state index is 11.2. The molecule has 0 aliphatic heterocycles. The van der Waals surface area contributed by atoms with Crippen molar-refractivity contribution >= 4 is 23.1 Å². The molecule has 2 heterocycles. The zero-order valence-corrected chi connectivity index (χ0v) is 8.15. The normalized spacial score (nSPS) is 10.4. The largest absolute Gasteiger partial charge is 0.465 e. The fourth-order valence-electron chi connectivity index (χ4n) is 1.21. The summed E-state index contributed by atoms with van der Waals surface area (Å²) in [4.78, 5) is 15.1. The molecule has 0 atom stereocenters. The van der Waals surface area contributed by atoms with Crippen LogP contribution in [0.3, 0.4) is 0 Å². The Balaban J connectivity index is 2.57. The molecular weight excluding hydrogens is 204 g/mol. The van der Waals surface area contributed by atoms with E-state index in [9.17, 15) is 4.79 Å². The van der Waals surface area contributed by atoms with Gasteiger partial charge in [0.2, 0.25) is 0 Å². The van der Waals surface area contributed by atoms with Crippen molar-refractivity contribution in [2.45, 2.75) is 0 Å². The van der Waals surface area contributed by atoms with Crippen LogP contribution >= 0.6 is 11.6 Å². The minimum absolute atomic E-state index is 0.378. The Morgan fingerprint density at radius 2 is 2.36 bits per heavy atom. The molecule has 2 aromatic heterocycles. The summed E-state index contributed by atoms with van der Waals surface area (Å²) in [6, 6.07) is 3.37. The predicted molar refractivity (Wildman–Crippen MR) is 51.5 cm³/mol. The second-order valence-corrected chi connectivity index (χ2v) is 3.10. The molecule has 5 heteroatoms. The first-order chi connectivity index (χ1) is 6.72. The molecule has 14 heavy (non-hydrogen) atoms. The van der Waals surface area contributed by atoms with E-state index in [1.807, 2.05) is 0 Å². The van der Waals surface area contributed by atoms with Crippen LogP contribution in [-0.4, -0.2) is 22.5 Å². The van der Waals surface area contributed by atoms with Crippen LogP contribution in [0.5, 0.6) is 0 Å². The fourth-order valence-corrected chi connectivity index (χ4v) is 1.41. The van der Waals surface area contributed by atoms with Crippen LogP contribution in [0, 0.1) is 0 Å². The van der Waals surface area contributed by atoms with Crippen molar-refractivity contribution in [3.63, 3.8) is 0 Å².